The zero-order valence-corrected chi connectivity index (χ0v) is 20.6. The number of guanidine groups is 1. The number of rotatable bonds is 6. The average Bonchev–Trinajstić information content (AvgIpc) is 2.79. The number of aromatic nitrogens is 1. The van der Waals surface area contributed by atoms with Crippen LogP contribution in [0.4, 0.5) is 0 Å². The maximum absolute atomic E-state index is 5.79. The van der Waals surface area contributed by atoms with Gasteiger partial charge in [-0.25, -0.2) is 0 Å². The quantitative estimate of drug-likeness (QED) is 0.335. The number of para-hydroxylation sites is 1. The normalized spacial score (nSPS) is 19.6. The Labute approximate surface area is 202 Å². The number of hydrogen-bond acceptors (Lipinski definition) is 4. The fourth-order valence-electron chi connectivity index (χ4n) is 4.28. The zero-order chi connectivity index (χ0) is 20.6. The van der Waals surface area contributed by atoms with Gasteiger partial charge in [0.2, 0.25) is 0 Å². The van der Waals surface area contributed by atoms with Gasteiger partial charge in [-0.15, -0.1) is 24.0 Å². The van der Waals surface area contributed by atoms with Crippen LogP contribution in [0.3, 0.4) is 0 Å². The van der Waals surface area contributed by atoms with E-state index in [9.17, 15) is 0 Å². The third-order valence-electron chi connectivity index (χ3n) is 5.94. The standard InChI is InChI=1S/C24H33N5O.HI/c1-2-25-24(27-17-19-12-16-30-23-9-4-3-8-22(19)23)28-20-10-14-29(15-11-20)18-21-7-5-6-13-26-21;/h3-9,13,19-20H,2,10-12,14-18H2,1H3,(H2,25,27,28);1H. The molecule has 1 unspecified atom stereocenters. The molecule has 1 aromatic carbocycles. The molecule has 0 spiro atoms. The van der Waals surface area contributed by atoms with E-state index in [0.717, 1.165) is 76.0 Å². The molecule has 0 aliphatic carbocycles. The summed E-state index contributed by atoms with van der Waals surface area (Å²) in [6.07, 6.45) is 5.14. The van der Waals surface area contributed by atoms with Crippen LogP contribution in [0.5, 0.6) is 5.75 Å². The molecule has 0 amide bonds. The molecular formula is C24H34IN5O. The van der Waals surface area contributed by atoms with Gasteiger partial charge in [-0.1, -0.05) is 24.3 Å². The second-order valence-corrected chi connectivity index (χ2v) is 8.11. The van der Waals surface area contributed by atoms with E-state index in [1.807, 2.05) is 18.3 Å². The van der Waals surface area contributed by atoms with Crippen molar-refractivity contribution in [2.45, 2.75) is 44.7 Å². The Morgan fingerprint density at radius 1 is 1.13 bits per heavy atom. The third kappa shape index (κ3) is 6.80. The van der Waals surface area contributed by atoms with Crippen LogP contribution < -0.4 is 15.4 Å². The Morgan fingerprint density at radius 2 is 1.94 bits per heavy atom. The summed E-state index contributed by atoms with van der Waals surface area (Å²) in [5, 5.41) is 7.10. The SMILES string of the molecule is CCNC(=NCC1CCOc2ccccc21)NC1CCN(Cc2ccccn2)CC1.I. The maximum atomic E-state index is 5.79. The average molecular weight is 535 g/mol. The van der Waals surface area contributed by atoms with Gasteiger partial charge in [0.1, 0.15) is 5.75 Å². The minimum atomic E-state index is 0. The van der Waals surface area contributed by atoms with Gasteiger partial charge in [-0.2, -0.15) is 0 Å². The van der Waals surface area contributed by atoms with Crippen LogP contribution in [0, 0.1) is 0 Å². The van der Waals surface area contributed by atoms with E-state index < -0.39 is 0 Å². The first-order valence-electron chi connectivity index (χ1n) is 11.2. The Morgan fingerprint density at radius 3 is 2.71 bits per heavy atom. The molecule has 0 saturated carbocycles. The smallest absolute Gasteiger partial charge is 0.191 e. The fraction of sp³-hybridized carbons (Fsp3) is 0.500. The molecule has 1 aromatic heterocycles. The molecule has 1 saturated heterocycles. The molecule has 2 N–H and O–H groups in total. The van der Waals surface area contributed by atoms with Crippen LogP contribution in [0.1, 0.15) is 43.4 Å². The van der Waals surface area contributed by atoms with Crippen molar-refractivity contribution < 1.29 is 4.74 Å². The first-order chi connectivity index (χ1) is 14.8. The molecule has 3 heterocycles. The highest BCUT2D eigenvalue weighted by atomic mass is 127. The van der Waals surface area contributed by atoms with Crippen LogP contribution in [0.15, 0.2) is 53.7 Å². The van der Waals surface area contributed by atoms with E-state index in [2.05, 4.69) is 57.8 Å². The van der Waals surface area contributed by atoms with E-state index >= 15 is 0 Å². The molecule has 2 aromatic rings. The van der Waals surface area contributed by atoms with Gasteiger partial charge >= 0.3 is 0 Å². The van der Waals surface area contributed by atoms with Crippen molar-refractivity contribution >= 4 is 29.9 Å². The van der Waals surface area contributed by atoms with Gasteiger partial charge in [0.25, 0.3) is 0 Å². The number of hydrogen-bond donors (Lipinski definition) is 2. The monoisotopic (exact) mass is 535 g/mol. The van der Waals surface area contributed by atoms with Crippen LogP contribution in [0.25, 0.3) is 0 Å². The molecule has 0 radical (unpaired) electrons. The Kier molecular flexibility index (Phi) is 9.39. The molecule has 31 heavy (non-hydrogen) atoms. The second-order valence-electron chi connectivity index (χ2n) is 8.11. The highest BCUT2D eigenvalue weighted by molar-refractivity contribution is 14.0. The summed E-state index contributed by atoms with van der Waals surface area (Å²) in [5.41, 5.74) is 2.43. The van der Waals surface area contributed by atoms with Crippen molar-refractivity contribution in [2.75, 3.05) is 32.8 Å². The minimum Gasteiger partial charge on any atom is -0.493 e. The van der Waals surface area contributed by atoms with Crippen molar-refractivity contribution in [1.29, 1.82) is 0 Å². The van der Waals surface area contributed by atoms with E-state index in [1.165, 1.54) is 5.56 Å². The number of likely N-dealkylation sites (tertiary alicyclic amines) is 1. The Bertz CT molecular complexity index is 824. The van der Waals surface area contributed by atoms with Gasteiger partial charge in [0.05, 0.1) is 12.3 Å². The molecule has 4 rings (SSSR count). The van der Waals surface area contributed by atoms with Crippen molar-refractivity contribution in [3.05, 3.63) is 59.9 Å². The topological polar surface area (TPSA) is 61.8 Å². The number of piperidine rings is 1. The lowest BCUT2D eigenvalue weighted by molar-refractivity contribution is 0.196. The summed E-state index contributed by atoms with van der Waals surface area (Å²) < 4.78 is 5.79. The van der Waals surface area contributed by atoms with Crippen LogP contribution in [0.2, 0.25) is 0 Å². The summed E-state index contributed by atoms with van der Waals surface area (Å²) in [7, 11) is 0. The lowest BCUT2D eigenvalue weighted by Crippen LogP contribution is -2.48. The zero-order valence-electron chi connectivity index (χ0n) is 18.3. The number of halogens is 1. The molecule has 0 bridgehead atoms. The van der Waals surface area contributed by atoms with E-state index in [4.69, 9.17) is 9.73 Å². The largest absolute Gasteiger partial charge is 0.493 e. The van der Waals surface area contributed by atoms with Crippen LogP contribution in [-0.4, -0.2) is 54.7 Å². The van der Waals surface area contributed by atoms with Gasteiger partial charge in [-0.3, -0.25) is 14.9 Å². The number of nitrogens with zero attached hydrogens (tertiary/aromatic N) is 3. The molecule has 2 aliphatic rings. The number of pyridine rings is 1. The number of benzene rings is 1. The van der Waals surface area contributed by atoms with Crippen molar-refractivity contribution in [3.8, 4) is 5.75 Å². The highest BCUT2D eigenvalue weighted by Gasteiger charge is 2.22. The minimum absolute atomic E-state index is 0. The van der Waals surface area contributed by atoms with Crippen molar-refractivity contribution in [2.24, 2.45) is 4.99 Å². The molecular weight excluding hydrogens is 501 g/mol. The first-order valence-corrected chi connectivity index (χ1v) is 11.2. The molecule has 1 atom stereocenters. The number of fused-ring (bicyclic) bond motifs is 1. The predicted octanol–water partition coefficient (Wildman–Crippen LogP) is 3.79. The van der Waals surface area contributed by atoms with Gasteiger partial charge in [0, 0.05) is 50.9 Å². The van der Waals surface area contributed by atoms with Gasteiger partial charge < -0.3 is 15.4 Å². The second kappa shape index (κ2) is 12.2. The van der Waals surface area contributed by atoms with Crippen molar-refractivity contribution in [1.82, 2.24) is 20.5 Å². The summed E-state index contributed by atoms with van der Waals surface area (Å²) in [5.74, 6) is 2.37. The summed E-state index contributed by atoms with van der Waals surface area (Å²) >= 11 is 0. The van der Waals surface area contributed by atoms with E-state index in [-0.39, 0.29) is 24.0 Å². The lowest BCUT2D eigenvalue weighted by atomic mass is 9.93. The van der Waals surface area contributed by atoms with Gasteiger partial charge in [0.15, 0.2) is 5.96 Å². The summed E-state index contributed by atoms with van der Waals surface area (Å²) in [6, 6.07) is 15.0. The lowest BCUT2D eigenvalue weighted by Gasteiger charge is -2.33. The van der Waals surface area contributed by atoms with Gasteiger partial charge in [-0.05, 0) is 49.9 Å². The molecule has 6 nitrogen and oxygen atoms in total. The van der Waals surface area contributed by atoms with Crippen LogP contribution >= 0.6 is 24.0 Å². The summed E-state index contributed by atoms with van der Waals surface area (Å²) in [4.78, 5) is 11.9. The predicted molar refractivity (Wildman–Crippen MR) is 136 cm³/mol. The number of ether oxygens (including phenoxy) is 1. The molecule has 7 heteroatoms. The highest BCUT2D eigenvalue weighted by Crippen LogP contribution is 2.33. The molecule has 2 aliphatic heterocycles. The van der Waals surface area contributed by atoms with E-state index in [1.54, 1.807) is 0 Å². The molecule has 1 fully saturated rings. The Balaban J connectivity index is 0.00000272. The fourth-order valence-corrected chi connectivity index (χ4v) is 4.28. The maximum Gasteiger partial charge on any atom is 0.191 e. The third-order valence-corrected chi connectivity index (χ3v) is 5.94. The summed E-state index contributed by atoms with van der Waals surface area (Å²) in [6.45, 7) is 7.65. The number of aliphatic imine (C=N–C) groups is 1. The van der Waals surface area contributed by atoms with E-state index in [0.29, 0.717) is 12.0 Å². The Hall–Kier alpha value is -1.87. The van der Waals surface area contributed by atoms with Crippen molar-refractivity contribution in [3.63, 3.8) is 0 Å². The first kappa shape index (κ1) is 23.8. The number of nitrogens with one attached hydrogen (secondary N) is 2. The van der Waals surface area contributed by atoms with Crippen LogP contribution in [-0.2, 0) is 6.54 Å². The molecule has 168 valence electrons.